The van der Waals surface area contributed by atoms with Gasteiger partial charge in [0.2, 0.25) is 0 Å². The SMILES string of the molecule is C#C[C@H]1O[C@H]([C@@H](C)OC(C)=O)C=C[C@H]1O. The van der Waals surface area contributed by atoms with Crippen LogP contribution >= 0.6 is 0 Å². The molecule has 1 heterocycles. The Kier molecular flexibility index (Phi) is 3.89. The number of hydrogen-bond donors (Lipinski definition) is 1. The van der Waals surface area contributed by atoms with Crippen LogP contribution in [-0.2, 0) is 14.3 Å². The van der Waals surface area contributed by atoms with Crippen LogP contribution in [0.1, 0.15) is 13.8 Å². The molecule has 4 atom stereocenters. The average Bonchev–Trinajstić information content (AvgIpc) is 2.17. The zero-order chi connectivity index (χ0) is 11.4. The van der Waals surface area contributed by atoms with Crippen LogP contribution in [0.15, 0.2) is 12.2 Å². The Morgan fingerprint density at radius 1 is 1.67 bits per heavy atom. The van der Waals surface area contributed by atoms with E-state index in [2.05, 4.69) is 5.92 Å². The summed E-state index contributed by atoms with van der Waals surface area (Å²) in [4.78, 5) is 10.7. The topological polar surface area (TPSA) is 55.8 Å². The van der Waals surface area contributed by atoms with E-state index < -0.39 is 24.4 Å². The van der Waals surface area contributed by atoms with E-state index in [1.807, 2.05) is 0 Å². The van der Waals surface area contributed by atoms with E-state index in [-0.39, 0.29) is 5.97 Å². The highest BCUT2D eigenvalue weighted by molar-refractivity contribution is 5.66. The molecular formula is C11H14O4. The Morgan fingerprint density at radius 3 is 2.87 bits per heavy atom. The summed E-state index contributed by atoms with van der Waals surface area (Å²) in [6, 6.07) is 0. The molecule has 0 aromatic heterocycles. The van der Waals surface area contributed by atoms with Crippen molar-refractivity contribution in [1.29, 1.82) is 0 Å². The van der Waals surface area contributed by atoms with Crippen molar-refractivity contribution >= 4 is 5.97 Å². The predicted molar refractivity (Wildman–Crippen MR) is 53.9 cm³/mol. The largest absolute Gasteiger partial charge is 0.460 e. The molecule has 15 heavy (non-hydrogen) atoms. The van der Waals surface area contributed by atoms with Crippen LogP contribution in [0, 0.1) is 12.3 Å². The van der Waals surface area contributed by atoms with E-state index in [0.717, 1.165) is 0 Å². The lowest BCUT2D eigenvalue weighted by molar-refractivity contribution is -0.154. The molecule has 1 aliphatic heterocycles. The minimum atomic E-state index is -0.796. The number of carbonyl (C=O) groups is 1. The summed E-state index contributed by atoms with van der Waals surface area (Å²) in [5.41, 5.74) is 0. The Labute approximate surface area is 88.9 Å². The zero-order valence-corrected chi connectivity index (χ0v) is 8.71. The second-order valence-corrected chi connectivity index (χ2v) is 3.38. The predicted octanol–water partition coefficient (Wildman–Crippen LogP) is 0.256. The first-order chi connectivity index (χ1) is 7.04. The molecule has 0 saturated carbocycles. The fourth-order valence-corrected chi connectivity index (χ4v) is 1.35. The number of aliphatic hydroxyl groups excluding tert-OH is 1. The Morgan fingerprint density at radius 2 is 2.33 bits per heavy atom. The molecule has 0 saturated heterocycles. The first-order valence-electron chi connectivity index (χ1n) is 4.69. The molecule has 0 radical (unpaired) electrons. The van der Waals surface area contributed by atoms with Crippen molar-refractivity contribution in [1.82, 2.24) is 0 Å². The summed E-state index contributed by atoms with van der Waals surface area (Å²) in [5, 5.41) is 9.39. The number of terminal acetylenes is 1. The highest BCUT2D eigenvalue weighted by Crippen LogP contribution is 2.16. The van der Waals surface area contributed by atoms with Crippen LogP contribution in [0.4, 0.5) is 0 Å². The smallest absolute Gasteiger partial charge is 0.302 e. The lowest BCUT2D eigenvalue weighted by Gasteiger charge is -2.29. The van der Waals surface area contributed by atoms with E-state index in [9.17, 15) is 9.90 Å². The van der Waals surface area contributed by atoms with Gasteiger partial charge in [-0.15, -0.1) is 6.42 Å². The molecule has 0 aromatic carbocycles. The fraction of sp³-hybridized carbons (Fsp3) is 0.545. The molecule has 4 heteroatoms. The van der Waals surface area contributed by atoms with Crippen molar-refractivity contribution < 1.29 is 19.4 Å². The standard InChI is InChI=1S/C11H14O4/c1-4-10-9(13)5-6-11(15-10)7(2)14-8(3)12/h1,5-7,9-11,13H,2-3H3/t7-,9-,10-,11+/m1/s1. The zero-order valence-electron chi connectivity index (χ0n) is 8.71. The molecule has 0 fully saturated rings. The van der Waals surface area contributed by atoms with Gasteiger partial charge in [0.1, 0.15) is 24.4 Å². The number of hydrogen-bond acceptors (Lipinski definition) is 4. The van der Waals surface area contributed by atoms with E-state index in [1.165, 1.54) is 6.92 Å². The van der Waals surface area contributed by atoms with E-state index in [4.69, 9.17) is 15.9 Å². The van der Waals surface area contributed by atoms with Gasteiger partial charge in [0.25, 0.3) is 0 Å². The summed E-state index contributed by atoms with van der Waals surface area (Å²) in [6.07, 6.45) is 6.08. The molecular weight excluding hydrogens is 196 g/mol. The number of aliphatic hydroxyl groups is 1. The number of rotatable bonds is 2. The molecule has 1 rings (SSSR count). The molecule has 1 N–H and O–H groups in total. The maximum absolute atomic E-state index is 10.7. The van der Waals surface area contributed by atoms with Gasteiger partial charge < -0.3 is 14.6 Å². The van der Waals surface area contributed by atoms with Gasteiger partial charge in [-0.3, -0.25) is 4.79 Å². The summed E-state index contributed by atoms with van der Waals surface area (Å²) in [7, 11) is 0. The normalized spacial score (nSPS) is 31.7. The van der Waals surface area contributed by atoms with Crippen molar-refractivity contribution in [3.8, 4) is 12.3 Å². The molecule has 0 bridgehead atoms. The van der Waals surface area contributed by atoms with Gasteiger partial charge in [-0.1, -0.05) is 18.1 Å². The van der Waals surface area contributed by atoms with Crippen molar-refractivity contribution in [3.63, 3.8) is 0 Å². The van der Waals surface area contributed by atoms with Crippen molar-refractivity contribution in [2.24, 2.45) is 0 Å². The van der Waals surface area contributed by atoms with Crippen LogP contribution in [0.5, 0.6) is 0 Å². The van der Waals surface area contributed by atoms with Gasteiger partial charge in [0.05, 0.1) is 0 Å². The minimum absolute atomic E-state index is 0.372. The van der Waals surface area contributed by atoms with E-state index in [0.29, 0.717) is 0 Å². The molecule has 4 nitrogen and oxygen atoms in total. The van der Waals surface area contributed by atoms with Crippen molar-refractivity contribution in [2.45, 2.75) is 38.3 Å². The lowest BCUT2D eigenvalue weighted by atomic mass is 10.1. The average molecular weight is 210 g/mol. The summed E-state index contributed by atoms with van der Waals surface area (Å²) < 4.78 is 10.3. The molecule has 82 valence electrons. The van der Waals surface area contributed by atoms with Gasteiger partial charge in [-0.25, -0.2) is 0 Å². The molecule has 0 unspecified atom stereocenters. The summed E-state index contributed by atoms with van der Waals surface area (Å²) in [5.74, 6) is 1.96. The van der Waals surface area contributed by atoms with Gasteiger partial charge in [0.15, 0.2) is 0 Å². The first-order valence-corrected chi connectivity index (χ1v) is 4.69. The Balaban J connectivity index is 2.62. The molecule has 0 spiro atoms. The van der Waals surface area contributed by atoms with Gasteiger partial charge in [-0.05, 0) is 6.92 Å². The van der Waals surface area contributed by atoms with Crippen LogP contribution in [0.2, 0.25) is 0 Å². The fourth-order valence-electron chi connectivity index (χ4n) is 1.35. The van der Waals surface area contributed by atoms with Crippen molar-refractivity contribution in [2.75, 3.05) is 0 Å². The first kappa shape index (κ1) is 11.8. The van der Waals surface area contributed by atoms with Crippen LogP contribution in [0.3, 0.4) is 0 Å². The molecule has 1 aliphatic rings. The highest BCUT2D eigenvalue weighted by Gasteiger charge is 2.28. The number of esters is 1. The second-order valence-electron chi connectivity index (χ2n) is 3.38. The van der Waals surface area contributed by atoms with Gasteiger partial charge in [-0.2, -0.15) is 0 Å². The third-order valence-electron chi connectivity index (χ3n) is 2.09. The highest BCUT2D eigenvalue weighted by atomic mass is 16.6. The minimum Gasteiger partial charge on any atom is -0.460 e. The van der Waals surface area contributed by atoms with E-state index in [1.54, 1.807) is 19.1 Å². The maximum Gasteiger partial charge on any atom is 0.302 e. The van der Waals surface area contributed by atoms with Crippen molar-refractivity contribution in [3.05, 3.63) is 12.2 Å². The molecule has 0 aromatic rings. The Hall–Kier alpha value is -1.31. The molecule has 0 aliphatic carbocycles. The molecule has 0 amide bonds. The Bertz CT molecular complexity index is 302. The number of ether oxygens (including phenoxy) is 2. The van der Waals surface area contributed by atoms with Gasteiger partial charge in [0, 0.05) is 6.92 Å². The lowest BCUT2D eigenvalue weighted by Crippen LogP contribution is -2.40. The quantitative estimate of drug-likeness (QED) is 0.403. The monoisotopic (exact) mass is 210 g/mol. The third kappa shape index (κ3) is 3.08. The third-order valence-corrected chi connectivity index (χ3v) is 2.09. The summed E-state index contributed by atoms with van der Waals surface area (Å²) in [6.45, 7) is 3.04. The van der Waals surface area contributed by atoms with Gasteiger partial charge >= 0.3 is 5.97 Å². The maximum atomic E-state index is 10.7. The van der Waals surface area contributed by atoms with Crippen LogP contribution < -0.4 is 0 Å². The van der Waals surface area contributed by atoms with Crippen LogP contribution in [-0.4, -0.2) is 35.5 Å². The number of carbonyl (C=O) groups excluding carboxylic acids is 1. The summed E-state index contributed by atoms with van der Waals surface area (Å²) >= 11 is 0. The van der Waals surface area contributed by atoms with Crippen LogP contribution in [0.25, 0.3) is 0 Å². The second kappa shape index (κ2) is 4.96. The van der Waals surface area contributed by atoms with E-state index >= 15 is 0 Å².